The van der Waals surface area contributed by atoms with Crippen molar-refractivity contribution in [1.82, 2.24) is 9.62 Å². The van der Waals surface area contributed by atoms with Crippen molar-refractivity contribution in [3.63, 3.8) is 0 Å². The van der Waals surface area contributed by atoms with Gasteiger partial charge in [-0.05, 0) is 48.4 Å². The summed E-state index contributed by atoms with van der Waals surface area (Å²) in [5, 5.41) is 4.89. The van der Waals surface area contributed by atoms with Gasteiger partial charge in [-0.25, -0.2) is 8.42 Å². The molecule has 6 nitrogen and oxygen atoms in total. The Morgan fingerprint density at radius 3 is 2.46 bits per heavy atom. The number of carbonyl (C=O) groups excluding carboxylic acids is 1. The Kier molecular flexibility index (Phi) is 6.74. The highest BCUT2D eigenvalue weighted by Crippen LogP contribution is 2.27. The predicted octanol–water partition coefficient (Wildman–Crippen LogP) is 3.42. The van der Waals surface area contributed by atoms with E-state index in [0.29, 0.717) is 30.1 Å². The van der Waals surface area contributed by atoms with Gasteiger partial charge >= 0.3 is 0 Å². The Hall–Kier alpha value is -1.90. The van der Waals surface area contributed by atoms with E-state index in [1.54, 1.807) is 24.6 Å². The third kappa shape index (κ3) is 4.56. The Bertz CT molecular complexity index is 871. The van der Waals surface area contributed by atoms with E-state index in [1.807, 2.05) is 31.2 Å². The number of nitrogens with one attached hydrogen (secondary N) is 1. The molecule has 1 unspecified atom stereocenters. The van der Waals surface area contributed by atoms with Gasteiger partial charge in [-0.15, -0.1) is 11.3 Å². The monoisotopic (exact) mass is 422 g/mol. The minimum atomic E-state index is -3.44. The minimum Gasteiger partial charge on any atom is -0.497 e. The first-order valence-corrected chi connectivity index (χ1v) is 11.8. The van der Waals surface area contributed by atoms with Crippen molar-refractivity contribution in [3.8, 4) is 5.75 Å². The van der Waals surface area contributed by atoms with Crippen molar-refractivity contribution in [3.05, 3.63) is 47.3 Å². The second-order valence-electron chi connectivity index (χ2n) is 6.85. The molecule has 0 radical (unpaired) electrons. The fourth-order valence-corrected chi connectivity index (χ4v) is 6.06. The van der Waals surface area contributed by atoms with Crippen LogP contribution in [0.2, 0.25) is 0 Å². The van der Waals surface area contributed by atoms with E-state index in [2.05, 4.69) is 5.32 Å². The summed E-state index contributed by atoms with van der Waals surface area (Å²) in [7, 11) is -1.81. The minimum absolute atomic E-state index is 0.00385. The van der Waals surface area contributed by atoms with Crippen LogP contribution in [0.4, 0.5) is 0 Å². The zero-order valence-corrected chi connectivity index (χ0v) is 17.8. The zero-order valence-electron chi connectivity index (χ0n) is 16.1. The van der Waals surface area contributed by atoms with Gasteiger partial charge in [0.25, 0.3) is 10.0 Å². The number of rotatable bonds is 7. The molecule has 0 bridgehead atoms. The maximum atomic E-state index is 12.7. The average molecular weight is 423 g/mol. The summed E-state index contributed by atoms with van der Waals surface area (Å²) in [5.74, 6) is 0.613. The van der Waals surface area contributed by atoms with E-state index in [4.69, 9.17) is 4.74 Å². The lowest BCUT2D eigenvalue weighted by Gasteiger charge is -2.31. The van der Waals surface area contributed by atoms with Gasteiger partial charge in [-0.2, -0.15) is 4.31 Å². The molecule has 1 atom stereocenters. The average Bonchev–Trinajstić information content (AvgIpc) is 3.28. The molecule has 0 aliphatic carbocycles. The third-order valence-electron chi connectivity index (χ3n) is 5.16. The van der Waals surface area contributed by atoms with Gasteiger partial charge in [0, 0.05) is 19.0 Å². The number of hydrogen-bond donors (Lipinski definition) is 1. The lowest BCUT2D eigenvalue weighted by molar-refractivity contribution is -0.126. The number of benzene rings is 1. The van der Waals surface area contributed by atoms with Crippen LogP contribution in [0.1, 0.15) is 37.8 Å². The number of sulfonamides is 1. The maximum absolute atomic E-state index is 12.7. The number of methoxy groups -OCH3 is 1. The first-order chi connectivity index (χ1) is 13.5. The number of carbonyl (C=O) groups is 1. The number of thiophene rings is 1. The van der Waals surface area contributed by atoms with Crippen LogP contribution in [-0.4, -0.2) is 38.8 Å². The molecular formula is C20H26N2O4S2. The number of nitrogens with zero attached hydrogens (tertiary/aromatic N) is 1. The fourth-order valence-electron chi connectivity index (χ4n) is 3.44. The molecule has 1 aromatic heterocycles. The van der Waals surface area contributed by atoms with Gasteiger partial charge in [0.2, 0.25) is 5.91 Å². The summed E-state index contributed by atoms with van der Waals surface area (Å²) in [5.41, 5.74) is 1.04. The van der Waals surface area contributed by atoms with E-state index >= 15 is 0 Å². The second kappa shape index (κ2) is 9.07. The molecule has 28 heavy (non-hydrogen) atoms. The topological polar surface area (TPSA) is 75.7 Å². The molecule has 152 valence electrons. The highest BCUT2D eigenvalue weighted by molar-refractivity contribution is 7.91. The molecule has 3 rings (SSSR count). The highest BCUT2D eigenvalue weighted by Gasteiger charge is 2.33. The molecule has 1 aromatic carbocycles. The van der Waals surface area contributed by atoms with E-state index in [-0.39, 0.29) is 17.9 Å². The molecule has 1 aliphatic rings. The van der Waals surface area contributed by atoms with Crippen molar-refractivity contribution in [1.29, 1.82) is 0 Å². The molecule has 0 spiro atoms. The smallest absolute Gasteiger partial charge is 0.252 e. The van der Waals surface area contributed by atoms with Crippen molar-refractivity contribution < 1.29 is 17.9 Å². The molecule has 1 amide bonds. The van der Waals surface area contributed by atoms with Crippen LogP contribution in [0.5, 0.6) is 5.75 Å². The van der Waals surface area contributed by atoms with Gasteiger partial charge < -0.3 is 10.1 Å². The quantitative estimate of drug-likeness (QED) is 0.742. The lowest BCUT2D eigenvalue weighted by Crippen LogP contribution is -2.43. The normalized spacial score (nSPS) is 17.2. The molecular weight excluding hydrogens is 396 g/mol. The van der Waals surface area contributed by atoms with Gasteiger partial charge in [0.15, 0.2) is 0 Å². The van der Waals surface area contributed by atoms with Crippen LogP contribution in [-0.2, 0) is 14.8 Å². The van der Waals surface area contributed by atoms with Crippen molar-refractivity contribution in [2.75, 3.05) is 20.2 Å². The van der Waals surface area contributed by atoms with Crippen LogP contribution in [0, 0.1) is 5.92 Å². The Balaban J connectivity index is 1.58. The Labute approximate surface area is 170 Å². The summed E-state index contributed by atoms with van der Waals surface area (Å²) >= 11 is 1.22. The van der Waals surface area contributed by atoms with E-state index in [1.165, 1.54) is 15.6 Å². The van der Waals surface area contributed by atoms with Crippen molar-refractivity contribution in [2.24, 2.45) is 5.92 Å². The van der Waals surface area contributed by atoms with Gasteiger partial charge in [-0.3, -0.25) is 4.79 Å². The van der Waals surface area contributed by atoms with Crippen molar-refractivity contribution in [2.45, 2.75) is 36.4 Å². The molecule has 1 fully saturated rings. The standard InChI is InChI=1S/C20H26N2O4S2/c1-3-18(15-6-8-17(26-2)9-7-15)21-20(23)16-10-12-22(13-11-16)28(24,25)19-5-4-14-27-19/h4-9,14,16,18H,3,10-13H2,1-2H3,(H,21,23). The number of ether oxygens (including phenoxy) is 1. The number of amides is 1. The van der Waals surface area contributed by atoms with E-state index in [9.17, 15) is 13.2 Å². The third-order valence-corrected chi connectivity index (χ3v) is 8.43. The molecule has 0 saturated carbocycles. The largest absolute Gasteiger partial charge is 0.497 e. The molecule has 8 heteroatoms. The van der Waals surface area contributed by atoms with Crippen LogP contribution in [0.15, 0.2) is 46.0 Å². The number of hydrogen-bond acceptors (Lipinski definition) is 5. The summed E-state index contributed by atoms with van der Waals surface area (Å²) in [6, 6.07) is 11.0. The first-order valence-electron chi connectivity index (χ1n) is 9.43. The highest BCUT2D eigenvalue weighted by atomic mass is 32.2. The molecule has 1 aliphatic heterocycles. The lowest BCUT2D eigenvalue weighted by atomic mass is 9.95. The summed E-state index contributed by atoms with van der Waals surface area (Å²) in [4.78, 5) is 12.7. The van der Waals surface area contributed by atoms with Gasteiger partial charge in [0.1, 0.15) is 9.96 Å². The van der Waals surface area contributed by atoms with Crippen LogP contribution < -0.4 is 10.1 Å². The predicted molar refractivity (Wildman–Crippen MR) is 110 cm³/mol. The summed E-state index contributed by atoms with van der Waals surface area (Å²) in [6.45, 7) is 2.78. The van der Waals surface area contributed by atoms with E-state index < -0.39 is 10.0 Å². The first kappa shape index (κ1) is 20.8. The van der Waals surface area contributed by atoms with Crippen molar-refractivity contribution >= 4 is 27.3 Å². The van der Waals surface area contributed by atoms with Gasteiger partial charge in [-0.1, -0.05) is 25.1 Å². The van der Waals surface area contributed by atoms with Crippen LogP contribution in [0.25, 0.3) is 0 Å². The summed E-state index contributed by atoms with van der Waals surface area (Å²) < 4.78 is 32.3. The second-order valence-corrected chi connectivity index (χ2v) is 9.97. The van der Waals surface area contributed by atoms with Crippen LogP contribution >= 0.6 is 11.3 Å². The van der Waals surface area contributed by atoms with Crippen LogP contribution in [0.3, 0.4) is 0 Å². The maximum Gasteiger partial charge on any atom is 0.252 e. The number of piperidine rings is 1. The molecule has 2 aromatic rings. The summed E-state index contributed by atoms with van der Waals surface area (Å²) in [6.07, 6.45) is 1.86. The molecule has 1 saturated heterocycles. The zero-order chi connectivity index (χ0) is 20.1. The molecule has 2 heterocycles. The Morgan fingerprint density at radius 1 is 1.25 bits per heavy atom. The molecule has 1 N–H and O–H groups in total. The SMILES string of the molecule is CCC(NC(=O)C1CCN(S(=O)(=O)c2cccs2)CC1)c1ccc(OC)cc1. The van der Waals surface area contributed by atoms with E-state index in [0.717, 1.165) is 17.7 Å². The Morgan fingerprint density at radius 2 is 1.93 bits per heavy atom. The van der Waals surface area contributed by atoms with Gasteiger partial charge in [0.05, 0.1) is 13.2 Å². The fraction of sp³-hybridized carbons (Fsp3) is 0.450.